The summed E-state index contributed by atoms with van der Waals surface area (Å²) in [6.45, 7) is -0.522. The second kappa shape index (κ2) is 7.81. The molecule has 0 saturated carbocycles. The van der Waals surface area contributed by atoms with Crippen molar-refractivity contribution in [3.8, 4) is 0 Å². The molecule has 0 aliphatic rings. The summed E-state index contributed by atoms with van der Waals surface area (Å²) in [6, 6.07) is 0. The first-order chi connectivity index (χ1) is 6.92. The Kier molecular flexibility index (Phi) is 7.59. The van der Waals surface area contributed by atoms with Crippen molar-refractivity contribution in [2.45, 2.75) is 25.4 Å². The van der Waals surface area contributed by atoms with E-state index in [9.17, 15) is 22.0 Å². The molecule has 7 heteroatoms. The fourth-order valence-electron chi connectivity index (χ4n) is 0.682. The lowest BCUT2D eigenvalue weighted by molar-refractivity contribution is -0.146. The third-order valence-electron chi connectivity index (χ3n) is 1.38. The quantitative estimate of drug-likeness (QED) is 0.476. The van der Waals surface area contributed by atoms with E-state index in [1.54, 1.807) is 0 Å². The first kappa shape index (κ1) is 14.6. The van der Waals surface area contributed by atoms with Gasteiger partial charge in [-0.15, -0.1) is 0 Å². The minimum absolute atomic E-state index is 0.0146. The molecular weight excluding hydrogens is 223 g/mol. The summed E-state index contributed by atoms with van der Waals surface area (Å²) >= 11 is 0. The minimum Gasteiger partial charge on any atom is -0.379 e. The second-order valence-corrected chi connectivity index (χ2v) is 2.77. The highest BCUT2D eigenvalue weighted by Crippen LogP contribution is 2.18. The van der Waals surface area contributed by atoms with Crippen LogP contribution in [0.25, 0.3) is 0 Å². The summed E-state index contributed by atoms with van der Waals surface area (Å²) in [5, 5.41) is 0. The average Bonchev–Trinajstić information content (AvgIpc) is 2.07. The van der Waals surface area contributed by atoms with Crippen molar-refractivity contribution in [1.82, 2.24) is 0 Å². The lowest BCUT2D eigenvalue weighted by Gasteiger charge is -2.07. The lowest BCUT2D eigenvalue weighted by Crippen LogP contribution is -2.14. The predicted molar refractivity (Wildman–Crippen MR) is 42.9 cm³/mol. The summed E-state index contributed by atoms with van der Waals surface area (Å²) in [5.41, 5.74) is 0. The Hall–Kier alpha value is -0.430. The van der Waals surface area contributed by atoms with Crippen LogP contribution in [-0.2, 0) is 9.47 Å². The summed E-state index contributed by atoms with van der Waals surface area (Å²) < 4.78 is 67.1. The van der Waals surface area contributed by atoms with Crippen LogP contribution in [0.2, 0.25) is 0 Å². The van der Waals surface area contributed by atoms with Crippen LogP contribution in [0.15, 0.2) is 0 Å². The Labute approximate surface area is 84.3 Å². The minimum atomic E-state index is -4.23. The maximum absolute atomic E-state index is 11.6. The van der Waals surface area contributed by atoms with Crippen molar-refractivity contribution >= 4 is 0 Å². The van der Waals surface area contributed by atoms with Crippen LogP contribution in [0.4, 0.5) is 22.0 Å². The van der Waals surface area contributed by atoms with Gasteiger partial charge in [-0.3, -0.25) is 0 Å². The molecule has 0 N–H and O–H groups in total. The van der Waals surface area contributed by atoms with E-state index in [4.69, 9.17) is 4.74 Å². The molecule has 0 rings (SSSR count). The van der Waals surface area contributed by atoms with Gasteiger partial charge in [-0.25, -0.2) is 8.78 Å². The molecule has 0 heterocycles. The molecule has 92 valence electrons. The van der Waals surface area contributed by atoms with Crippen molar-refractivity contribution in [2.75, 3.05) is 26.4 Å². The Balaban J connectivity index is 3.06. The SMILES string of the molecule is FC(F)CCOCCOCCC(F)(F)F. The van der Waals surface area contributed by atoms with Gasteiger partial charge in [0.25, 0.3) is 0 Å². The van der Waals surface area contributed by atoms with Crippen molar-refractivity contribution < 1.29 is 31.4 Å². The van der Waals surface area contributed by atoms with E-state index in [2.05, 4.69) is 4.74 Å². The molecule has 0 fully saturated rings. The van der Waals surface area contributed by atoms with Crippen molar-refractivity contribution in [1.29, 1.82) is 0 Å². The predicted octanol–water partition coefficient (Wildman–Crippen LogP) is 2.63. The van der Waals surface area contributed by atoms with E-state index in [-0.39, 0.29) is 26.2 Å². The van der Waals surface area contributed by atoms with Crippen LogP contribution >= 0.6 is 0 Å². The highest BCUT2D eigenvalue weighted by atomic mass is 19.4. The molecule has 0 aromatic rings. The zero-order valence-corrected chi connectivity index (χ0v) is 8.03. The van der Waals surface area contributed by atoms with Crippen molar-refractivity contribution in [3.63, 3.8) is 0 Å². The van der Waals surface area contributed by atoms with Crippen LogP contribution in [0.3, 0.4) is 0 Å². The van der Waals surface area contributed by atoms with E-state index in [0.29, 0.717) is 0 Å². The molecule has 0 aliphatic heterocycles. The second-order valence-electron chi connectivity index (χ2n) is 2.77. The molecule has 15 heavy (non-hydrogen) atoms. The summed E-state index contributed by atoms with van der Waals surface area (Å²) in [6.07, 6.45) is -8.03. The van der Waals surface area contributed by atoms with Gasteiger partial charge in [-0.05, 0) is 0 Å². The molecule has 0 spiro atoms. The normalized spacial score (nSPS) is 12.4. The largest absolute Gasteiger partial charge is 0.391 e. The van der Waals surface area contributed by atoms with Gasteiger partial charge in [0.15, 0.2) is 0 Å². The zero-order valence-electron chi connectivity index (χ0n) is 8.03. The fourth-order valence-corrected chi connectivity index (χ4v) is 0.682. The number of halogens is 5. The van der Waals surface area contributed by atoms with Gasteiger partial charge in [0, 0.05) is 6.42 Å². The fraction of sp³-hybridized carbons (Fsp3) is 1.00. The highest BCUT2D eigenvalue weighted by Gasteiger charge is 2.26. The molecule has 0 aromatic carbocycles. The van der Waals surface area contributed by atoms with Crippen molar-refractivity contribution in [3.05, 3.63) is 0 Å². The molecule has 0 saturated heterocycles. The number of alkyl halides is 5. The van der Waals surface area contributed by atoms with E-state index in [1.807, 2.05) is 0 Å². The molecule has 0 unspecified atom stereocenters. The maximum Gasteiger partial charge on any atom is 0.391 e. The molecule has 0 amide bonds. The lowest BCUT2D eigenvalue weighted by atomic mass is 10.4. The van der Waals surface area contributed by atoms with E-state index in [0.717, 1.165) is 0 Å². The molecule has 0 atom stereocenters. The number of ether oxygens (including phenoxy) is 2. The number of hydrogen-bond donors (Lipinski definition) is 0. The number of rotatable bonds is 8. The molecular formula is C8H13F5O2. The Morgan fingerprint density at radius 1 is 0.867 bits per heavy atom. The topological polar surface area (TPSA) is 18.5 Å². The smallest absolute Gasteiger partial charge is 0.379 e. The Morgan fingerprint density at radius 3 is 1.87 bits per heavy atom. The zero-order chi connectivity index (χ0) is 11.7. The summed E-state index contributed by atoms with van der Waals surface area (Å²) in [4.78, 5) is 0. The molecule has 0 aromatic heterocycles. The van der Waals surface area contributed by atoms with Gasteiger partial charge in [0.1, 0.15) is 0 Å². The summed E-state index contributed by atoms with van der Waals surface area (Å²) in [7, 11) is 0. The van der Waals surface area contributed by atoms with Crippen molar-refractivity contribution in [2.24, 2.45) is 0 Å². The van der Waals surface area contributed by atoms with Crippen LogP contribution in [0.5, 0.6) is 0 Å². The van der Waals surface area contributed by atoms with Gasteiger partial charge in [-0.2, -0.15) is 13.2 Å². The van der Waals surface area contributed by atoms with Gasteiger partial charge in [0.2, 0.25) is 6.43 Å². The average molecular weight is 236 g/mol. The van der Waals surface area contributed by atoms with E-state index < -0.39 is 25.6 Å². The molecule has 0 aliphatic carbocycles. The molecule has 0 radical (unpaired) electrons. The van der Waals surface area contributed by atoms with Crippen LogP contribution in [-0.4, -0.2) is 39.0 Å². The van der Waals surface area contributed by atoms with Gasteiger partial charge in [-0.1, -0.05) is 0 Å². The third kappa shape index (κ3) is 13.6. The van der Waals surface area contributed by atoms with Gasteiger partial charge >= 0.3 is 6.18 Å². The Bertz CT molecular complexity index is 148. The first-order valence-electron chi connectivity index (χ1n) is 4.42. The highest BCUT2D eigenvalue weighted by molar-refractivity contribution is 4.47. The number of hydrogen-bond acceptors (Lipinski definition) is 2. The van der Waals surface area contributed by atoms with Gasteiger partial charge < -0.3 is 9.47 Å². The van der Waals surface area contributed by atoms with E-state index >= 15 is 0 Å². The van der Waals surface area contributed by atoms with Gasteiger partial charge in [0.05, 0.1) is 32.8 Å². The molecule has 0 bridgehead atoms. The standard InChI is InChI=1S/C8H13F5O2/c9-7(10)1-3-14-5-6-15-4-2-8(11,12)13/h7H,1-6H2. The summed E-state index contributed by atoms with van der Waals surface area (Å²) in [5.74, 6) is 0. The van der Waals surface area contributed by atoms with Crippen LogP contribution in [0.1, 0.15) is 12.8 Å². The maximum atomic E-state index is 11.6. The van der Waals surface area contributed by atoms with Crippen LogP contribution < -0.4 is 0 Å². The monoisotopic (exact) mass is 236 g/mol. The Morgan fingerprint density at radius 2 is 1.40 bits per heavy atom. The third-order valence-corrected chi connectivity index (χ3v) is 1.38. The van der Waals surface area contributed by atoms with E-state index in [1.165, 1.54) is 0 Å². The molecule has 2 nitrogen and oxygen atoms in total. The van der Waals surface area contributed by atoms with Crippen LogP contribution in [0, 0.1) is 0 Å². The first-order valence-corrected chi connectivity index (χ1v) is 4.42.